The first kappa shape index (κ1) is 22.9. The van der Waals surface area contributed by atoms with E-state index in [9.17, 15) is 4.79 Å². The normalized spacial score (nSPS) is 15.2. The third kappa shape index (κ3) is 5.57. The van der Waals surface area contributed by atoms with Crippen molar-refractivity contribution in [2.75, 3.05) is 26.9 Å². The van der Waals surface area contributed by atoms with Crippen molar-refractivity contribution in [3.8, 4) is 17.1 Å². The van der Waals surface area contributed by atoms with Crippen molar-refractivity contribution in [3.63, 3.8) is 0 Å². The molecule has 0 saturated carbocycles. The van der Waals surface area contributed by atoms with E-state index >= 15 is 0 Å². The number of aromatic nitrogens is 4. The highest BCUT2D eigenvalue weighted by molar-refractivity contribution is 5.76. The molecule has 0 spiro atoms. The van der Waals surface area contributed by atoms with E-state index in [-0.39, 0.29) is 11.3 Å². The van der Waals surface area contributed by atoms with E-state index in [0.717, 1.165) is 29.7 Å². The zero-order chi connectivity index (χ0) is 23.1. The van der Waals surface area contributed by atoms with Crippen LogP contribution in [0.25, 0.3) is 11.4 Å². The van der Waals surface area contributed by atoms with Crippen LogP contribution in [-0.2, 0) is 21.5 Å². The predicted molar refractivity (Wildman–Crippen MR) is 125 cm³/mol. The maximum atomic E-state index is 12.7. The van der Waals surface area contributed by atoms with Crippen LogP contribution < -0.4 is 10.1 Å². The minimum absolute atomic E-state index is 0.0240. The lowest BCUT2D eigenvalue weighted by molar-refractivity contribution is -0.121. The molecule has 33 heavy (non-hydrogen) atoms. The summed E-state index contributed by atoms with van der Waals surface area (Å²) in [6.07, 6.45) is 2.73. The summed E-state index contributed by atoms with van der Waals surface area (Å²) in [4.78, 5) is 14.2. The van der Waals surface area contributed by atoms with E-state index in [4.69, 9.17) is 9.47 Å². The molecule has 1 aliphatic rings. The van der Waals surface area contributed by atoms with Crippen LogP contribution in [-0.4, -0.2) is 53.0 Å². The Bertz CT molecular complexity index is 1060. The molecule has 3 aromatic rings. The summed E-state index contributed by atoms with van der Waals surface area (Å²) in [5.41, 5.74) is 3.06. The van der Waals surface area contributed by atoms with Gasteiger partial charge in [0.15, 0.2) is 0 Å². The molecule has 1 aromatic heterocycles. The molecule has 0 atom stereocenters. The molecule has 174 valence electrons. The summed E-state index contributed by atoms with van der Waals surface area (Å²) in [7, 11) is 1.70. The van der Waals surface area contributed by atoms with Gasteiger partial charge in [-0.05, 0) is 37.5 Å². The zero-order valence-corrected chi connectivity index (χ0v) is 19.3. The van der Waals surface area contributed by atoms with E-state index < -0.39 is 0 Å². The van der Waals surface area contributed by atoms with Crippen LogP contribution in [0.4, 0.5) is 0 Å². The van der Waals surface area contributed by atoms with Crippen LogP contribution in [0.15, 0.2) is 48.5 Å². The number of benzene rings is 2. The van der Waals surface area contributed by atoms with Gasteiger partial charge in [0.1, 0.15) is 5.75 Å². The number of rotatable bonds is 9. The number of tetrazole rings is 1. The molecule has 0 radical (unpaired) electrons. The average molecular weight is 450 g/mol. The summed E-state index contributed by atoms with van der Waals surface area (Å²) < 4.78 is 11.3. The molecule has 8 nitrogen and oxygen atoms in total. The topological polar surface area (TPSA) is 91.2 Å². The van der Waals surface area contributed by atoms with Crippen molar-refractivity contribution in [2.45, 2.75) is 44.6 Å². The summed E-state index contributed by atoms with van der Waals surface area (Å²) >= 11 is 0. The Morgan fingerprint density at radius 3 is 2.73 bits per heavy atom. The fraction of sp³-hybridized carbons (Fsp3) is 0.440. The molecule has 1 fully saturated rings. The van der Waals surface area contributed by atoms with Crippen molar-refractivity contribution in [3.05, 3.63) is 59.7 Å². The zero-order valence-electron chi connectivity index (χ0n) is 19.3. The predicted octanol–water partition coefficient (Wildman–Crippen LogP) is 3.30. The molecule has 1 N–H and O–H groups in total. The largest absolute Gasteiger partial charge is 0.496 e. The van der Waals surface area contributed by atoms with E-state index in [1.165, 1.54) is 5.56 Å². The van der Waals surface area contributed by atoms with Crippen LogP contribution in [0, 0.1) is 6.92 Å². The lowest BCUT2D eigenvalue weighted by Gasteiger charge is -2.39. The van der Waals surface area contributed by atoms with Crippen LogP contribution in [0.3, 0.4) is 0 Å². The number of hydrogen-bond donors (Lipinski definition) is 1. The van der Waals surface area contributed by atoms with Crippen molar-refractivity contribution < 1.29 is 14.3 Å². The Hall–Kier alpha value is -3.26. The second kappa shape index (κ2) is 10.6. The van der Waals surface area contributed by atoms with Gasteiger partial charge in [-0.25, -0.2) is 0 Å². The highest BCUT2D eigenvalue weighted by Crippen LogP contribution is 2.40. The van der Waals surface area contributed by atoms with E-state index in [1.54, 1.807) is 11.9 Å². The number of nitrogens with one attached hydrogen (secondary N) is 1. The molecule has 2 heterocycles. The average Bonchev–Trinajstić information content (AvgIpc) is 3.33. The number of aryl methyl sites for hydroxylation is 2. The van der Waals surface area contributed by atoms with Crippen LogP contribution in [0.5, 0.6) is 5.75 Å². The van der Waals surface area contributed by atoms with Gasteiger partial charge < -0.3 is 14.8 Å². The SMILES string of the molecule is COc1ccc(C)cc1C1(CNC(=O)CCCn2nnc(-c3ccccc3)n2)CCOCC1. The smallest absolute Gasteiger partial charge is 0.220 e. The first-order valence-corrected chi connectivity index (χ1v) is 11.4. The highest BCUT2D eigenvalue weighted by Gasteiger charge is 2.37. The minimum atomic E-state index is -0.191. The first-order valence-electron chi connectivity index (χ1n) is 11.4. The maximum absolute atomic E-state index is 12.7. The summed E-state index contributed by atoms with van der Waals surface area (Å²) in [5.74, 6) is 1.48. The molecular formula is C25H31N5O3. The number of nitrogens with zero attached hydrogens (tertiary/aromatic N) is 4. The van der Waals surface area contributed by atoms with Crippen molar-refractivity contribution in [1.82, 2.24) is 25.5 Å². The fourth-order valence-corrected chi connectivity index (χ4v) is 4.32. The quantitative estimate of drug-likeness (QED) is 0.539. The maximum Gasteiger partial charge on any atom is 0.220 e. The third-order valence-electron chi connectivity index (χ3n) is 6.25. The van der Waals surface area contributed by atoms with Crippen molar-refractivity contribution in [1.29, 1.82) is 0 Å². The Labute approximate surface area is 194 Å². The third-order valence-corrected chi connectivity index (χ3v) is 6.25. The fourth-order valence-electron chi connectivity index (χ4n) is 4.32. The molecule has 0 unspecified atom stereocenters. The highest BCUT2D eigenvalue weighted by atomic mass is 16.5. The van der Waals surface area contributed by atoms with Gasteiger partial charge in [0.25, 0.3) is 0 Å². The lowest BCUT2D eigenvalue weighted by atomic mass is 9.73. The molecule has 1 aliphatic heterocycles. The van der Waals surface area contributed by atoms with Crippen LogP contribution in [0.2, 0.25) is 0 Å². The minimum Gasteiger partial charge on any atom is -0.496 e. The van der Waals surface area contributed by atoms with Gasteiger partial charge in [-0.3, -0.25) is 4.79 Å². The second-order valence-electron chi connectivity index (χ2n) is 8.55. The van der Waals surface area contributed by atoms with Crippen LogP contribution >= 0.6 is 0 Å². The molecule has 0 aliphatic carbocycles. The summed E-state index contributed by atoms with van der Waals surface area (Å²) in [6, 6.07) is 16.0. The van der Waals surface area contributed by atoms with Gasteiger partial charge >= 0.3 is 0 Å². The number of carbonyl (C=O) groups is 1. The molecule has 1 amide bonds. The number of carbonyl (C=O) groups excluding carboxylic acids is 1. The summed E-state index contributed by atoms with van der Waals surface area (Å²) in [6.45, 7) is 4.53. The molecule has 2 aromatic carbocycles. The monoisotopic (exact) mass is 449 g/mol. The molecule has 0 bridgehead atoms. The van der Waals surface area contributed by atoms with Gasteiger partial charge in [0.05, 0.1) is 13.7 Å². The van der Waals surface area contributed by atoms with Gasteiger partial charge in [0.2, 0.25) is 11.7 Å². The molecule has 8 heteroatoms. The van der Waals surface area contributed by atoms with E-state index in [1.807, 2.05) is 36.4 Å². The molecule has 4 rings (SSSR count). The van der Waals surface area contributed by atoms with Gasteiger partial charge in [-0.1, -0.05) is 48.0 Å². The number of hydrogen-bond acceptors (Lipinski definition) is 6. The summed E-state index contributed by atoms with van der Waals surface area (Å²) in [5, 5.41) is 15.8. The first-order chi connectivity index (χ1) is 16.1. The Morgan fingerprint density at radius 1 is 1.18 bits per heavy atom. The van der Waals surface area contributed by atoms with Gasteiger partial charge in [0, 0.05) is 42.7 Å². The molecular weight excluding hydrogens is 418 g/mol. The number of amides is 1. The van der Waals surface area contributed by atoms with Crippen LogP contribution in [0.1, 0.15) is 36.8 Å². The van der Waals surface area contributed by atoms with E-state index in [2.05, 4.69) is 39.8 Å². The Kier molecular flexibility index (Phi) is 7.34. The number of ether oxygens (including phenoxy) is 2. The van der Waals surface area contributed by atoms with Gasteiger partial charge in [-0.15, -0.1) is 10.2 Å². The lowest BCUT2D eigenvalue weighted by Crippen LogP contribution is -2.44. The Morgan fingerprint density at radius 2 is 1.97 bits per heavy atom. The second-order valence-corrected chi connectivity index (χ2v) is 8.55. The van der Waals surface area contributed by atoms with Crippen molar-refractivity contribution in [2.24, 2.45) is 0 Å². The Balaban J connectivity index is 1.33. The van der Waals surface area contributed by atoms with Crippen molar-refractivity contribution >= 4 is 5.91 Å². The number of methoxy groups -OCH3 is 1. The molecule has 1 saturated heterocycles. The van der Waals surface area contributed by atoms with Gasteiger partial charge in [-0.2, -0.15) is 4.80 Å². The van der Waals surface area contributed by atoms with E-state index in [0.29, 0.717) is 45.0 Å². The standard InChI is InChI=1S/C25H31N5O3/c1-19-10-11-22(32-2)21(17-19)25(12-15-33-16-13-25)18-26-23(31)9-6-14-30-28-24(27-29-30)20-7-4-3-5-8-20/h3-5,7-8,10-11,17H,6,9,12-16,18H2,1-2H3,(H,26,31).